The maximum atomic E-state index is 13.2. The van der Waals surface area contributed by atoms with Crippen LogP contribution in [0.25, 0.3) is 0 Å². The zero-order valence-electron chi connectivity index (χ0n) is 13.3. The Kier molecular flexibility index (Phi) is 4.69. The van der Waals surface area contributed by atoms with Crippen LogP contribution in [0.1, 0.15) is 30.3 Å². The second-order valence-electron chi connectivity index (χ2n) is 6.02. The predicted molar refractivity (Wildman–Crippen MR) is 86.0 cm³/mol. The number of carbonyl (C=O) groups excluding carboxylic acids is 1. The van der Waals surface area contributed by atoms with Gasteiger partial charge in [-0.1, -0.05) is 6.92 Å². The molecule has 1 aliphatic heterocycles. The summed E-state index contributed by atoms with van der Waals surface area (Å²) in [5, 5.41) is 2.82. The molecule has 1 N–H and O–H groups in total. The monoisotopic (exact) mass is 332 g/mol. The maximum absolute atomic E-state index is 13.2. The summed E-state index contributed by atoms with van der Waals surface area (Å²) in [5.74, 6) is -0.996. The van der Waals surface area contributed by atoms with E-state index in [0.29, 0.717) is 17.4 Å². The second kappa shape index (κ2) is 6.90. The SMILES string of the molecule is CC1CCN(C(=O)c2cnc(Nc3ccc(F)c(F)c3)cn2)CC1. The molecule has 0 aliphatic carbocycles. The van der Waals surface area contributed by atoms with Crippen molar-refractivity contribution in [3.63, 3.8) is 0 Å². The van der Waals surface area contributed by atoms with Crippen LogP contribution in [-0.2, 0) is 0 Å². The highest BCUT2D eigenvalue weighted by molar-refractivity contribution is 5.92. The molecule has 0 spiro atoms. The van der Waals surface area contributed by atoms with Gasteiger partial charge in [-0.2, -0.15) is 0 Å². The van der Waals surface area contributed by atoms with Crippen molar-refractivity contribution in [1.29, 1.82) is 0 Å². The van der Waals surface area contributed by atoms with Gasteiger partial charge in [0.2, 0.25) is 0 Å². The standard InChI is InChI=1S/C17H18F2N4O/c1-11-4-6-23(7-5-11)17(24)15-9-21-16(10-20-15)22-12-2-3-13(18)14(19)8-12/h2-3,8-11H,4-7H2,1H3,(H,21,22). The van der Waals surface area contributed by atoms with Crippen molar-refractivity contribution >= 4 is 17.4 Å². The summed E-state index contributed by atoms with van der Waals surface area (Å²) < 4.78 is 26.1. The molecule has 0 atom stereocenters. The lowest BCUT2D eigenvalue weighted by atomic mass is 9.99. The van der Waals surface area contributed by atoms with Gasteiger partial charge in [0.05, 0.1) is 12.4 Å². The van der Waals surface area contributed by atoms with Crippen molar-refractivity contribution in [2.75, 3.05) is 18.4 Å². The van der Waals surface area contributed by atoms with Gasteiger partial charge in [-0.25, -0.2) is 18.7 Å². The van der Waals surface area contributed by atoms with Crippen molar-refractivity contribution in [1.82, 2.24) is 14.9 Å². The van der Waals surface area contributed by atoms with Crippen molar-refractivity contribution in [2.45, 2.75) is 19.8 Å². The molecule has 0 saturated carbocycles. The van der Waals surface area contributed by atoms with Gasteiger partial charge in [-0.15, -0.1) is 0 Å². The predicted octanol–water partition coefficient (Wildman–Crippen LogP) is 3.37. The number of nitrogens with zero attached hydrogens (tertiary/aromatic N) is 3. The molecular weight excluding hydrogens is 314 g/mol. The van der Waals surface area contributed by atoms with E-state index in [2.05, 4.69) is 22.2 Å². The van der Waals surface area contributed by atoms with E-state index in [-0.39, 0.29) is 11.6 Å². The molecular formula is C17H18F2N4O. The van der Waals surface area contributed by atoms with Gasteiger partial charge in [0, 0.05) is 24.8 Å². The van der Waals surface area contributed by atoms with Crippen LogP contribution in [0, 0.1) is 17.6 Å². The number of aromatic nitrogens is 2. The molecule has 0 unspecified atom stereocenters. The van der Waals surface area contributed by atoms with Crippen LogP contribution in [0.15, 0.2) is 30.6 Å². The van der Waals surface area contributed by atoms with E-state index in [0.717, 1.165) is 38.1 Å². The van der Waals surface area contributed by atoms with Gasteiger partial charge in [0.15, 0.2) is 11.6 Å². The molecule has 1 fully saturated rings. The van der Waals surface area contributed by atoms with E-state index >= 15 is 0 Å². The number of halogens is 2. The number of carbonyl (C=O) groups is 1. The third-order valence-corrected chi connectivity index (χ3v) is 4.13. The summed E-state index contributed by atoms with van der Waals surface area (Å²) in [6, 6.07) is 3.46. The van der Waals surface area contributed by atoms with Gasteiger partial charge in [0.1, 0.15) is 11.5 Å². The fourth-order valence-corrected chi connectivity index (χ4v) is 2.60. The van der Waals surface area contributed by atoms with Gasteiger partial charge in [-0.05, 0) is 30.9 Å². The van der Waals surface area contributed by atoms with E-state index in [4.69, 9.17) is 0 Å². The molecule has 24 heavy (non-hydrogen) atoms. The molecule has 1 aromatic heterocycles. The Bertz CT molecular complexity index is 728. The normalized spacial score (nSPS) is 15.4. The highest BCUT2D eigenvalue weighted by Gasteiger charge is 2.22. The molecule has 5 nitrogen and oxygen atoms in total. The van der Waals surface area contributed by atoms with E-state index < -0.39 is 11.6 Å². The zero-order chi connectivity index (χ0) is 17.1. The molecule has 0 radical (unpaired) electrons. The molecule has 1 amide bonds. The molecule has 1 aromatic carbocycles. The topological polar surface area (TPSA) is 58.1 Å². The maximum Gasteiger partial charge on any atom is 0.274 e. The third kappa shape index (κ3) is 3.67. The largest absolute Gasteiger partial charge is 0.339 e. The number of rotatable bonds is 3. The minimum Gasteiger partial charge on any atom is -0.339 e. The summed E-state index contributed by atoms with van der Waals surface area (Å²) >= 11 is 0. The Hall–Kier alpha value is -2.57. The fraction of sp³-hybridized carbons (Fsp3) is 0.353. The summed E-state index contributed by atoms with van der Waals surface area (Å²) in [5.41, 5.74) is 0.632. The quantitative estimate of drug-likeness (QED) is 0.936. The van der Waals surface area contributed by atoms with Crippen LogP contribution >= 0.6 is 0 Å². The Morgan fingerprint density at radius 2 is 1.92 bits per heavy atom. The van der Waals surface area contributed by atoms with Gasteiger partial charge in [-0.3, -0.25) is 4.79 Å². The van der Waals surface area contributed by atoms with Crippen molar-refractivity contribution < 1.29 is 13.6 Å². The number of nitrogens with one attached hydrogen (secondary N) is 1. The smallest absolute Gasteiger partial charge is 0.274 e. The van der Waals surface area contributed by atoms with Crippen LogP contribution in [0.4, 0.5) is 20.3 Å². The number of anilines is 2. The first-order valence-electron chi connectivity index (χ1n) is 7.86. The van der Waals surface area contributed by atoms with E-state index in [1.807, 2.05) is 0 Å². The van der Waals surface area contributed by atoms with Crippen LogP contribution in [0.5, 0.6) is 0 Å². The Labute approximate surface area is 138 Å². The summed E-state index contributed by atoms with van der Waals surface area (Å²) in [4.78, 5) is 22.4. The number of likely N-dealkylation sites (tertiary alicyclic amines) is 1. The van der Waals surface area contributed by atoms with Crippen molar-refractivity contribution in [2.24, 2.45) is 5.92 Å². The number of amides is 1. The highest BCUT2D eigenvalue weighted by atomic mass is 19.2. The number of hydrogen-bond acceptors (Lipinski definition) is 4. The average Bonchev–Trinajstić information content (AvgIpc) is 2.59. The summed E-state index contributed by atoms with van der Waals surface area (Å²) in [7, 11) is 0. The second-order valence-corrected chi connectivity index (χ2v) is 6.02. The molecule has 3 rings (SSSR count). The fourth-order valence-electron chi connectivity index (χ4n) is 2.60. The lowest BCUT2D eigenvalue weighted by molar-refractivity contribution is 0.0691. The third-order valence-electron chi connectivity index (χ3n) is 4.13. The summed E-state index contributed by atoms with van der Waals surface area (Å²) in [6.07, 6.45) is 4.79. The molecule has 1 saturated heterocycles. The number of hydrogen-bond donors (Lipinski definition) is 1. The van der Waals surface area contributed by atoms with Crippen LogP contribution in [0.3, 0.4) is 0 Å². The van der Waals surface area contributed by atoms with E-state index in [1.54, 1.807) is 4.90 Å². The number of benzene rings is 1. The van der Waals surface area contributed by atoms with Gasteiger partial charge < -0.3 is 10.2 Å². The van der Waals surface area contributed by atoms with Crippen molar-refractivity contribution in [3.8, 4) is 0 Å². The first-order chi connectivity index (χ1) is 11.5. The lowest BCUT2D eigenvalue weighted by Gasteiger charge is -2.29. The molecule has 2 heterocycles. The Morgan fingerprint density at radius 3 is 2.54 bits per heavy atom. The Morgan fingerprint density at radius 1 is 1.17 bits per heavy atom. The van der Waals surface area contributed by atoms with E-state index in [9.17, 15) is 13.6 Å². The van der Waals surface area contributed by atoms with Crippen LogP contribution in [0.2, 0.25) is 0 Å². The molecule has 1 aliphatic rings. The van der Waals surface area contributed by atoms with E-state index in [1.165, 1.54) is 18.5 Å². The Balaban J connectivity index is 1.66. The highest BCUT2D eigenvalue weighted by Crippen LogP contribution is 2.19. The minimum absolute atomic E-state index is 0.131. The number of piperidine rings is 1. The van der Waals surface area contributed by atoms with Crippen molar-refractivity contribution in [3.05, 3.63) is 47.9 Å². The van der Waals surface area contributed by atoms with Gasteiger partial charge >= 0.3 is 0 Å². The van der Waals surface area contributed by atoms with Crippen LogP contribution < -0.4 is 5.32 Å². The first kappa shape index (κ1) is 16.3. The van der Waals surface area contributed by atoms with Gasteiger partial charge in [0.25, 0.3) is 5.91 Å². The molecule has 126 valence electrons. The minimum atomic E-state index is -0.945. The van der Waals surface area contributed by atoms with Crippen LogP contribution in [-0.4, -0.2) is 33.9 Å². The zero-order valence-corrected chi connectivity index (χ0v) is 13.3. The lowest BCUT2D eigenvalue weighted by Crippen LogP contribution is -2.38. The first-order valence-corrected chi connectivity index (χ1v) is 7.86. The summed E-state index contributed by atoms with van der Waals surface area (Å²) in [6.45, 7) is 3.65. The molecule has 2 aromatic rings. The molecule has 0 bridgehead atoms. The average molecular weight is 332 g/mol. The molecule has 7 heteroatoms.